The van der Waals surface area contributed by atoms with Gasteiger partial charge >= 0.3 is 0 Å². The number of carbonyl (C=O) groups excluding carboxylic acids is 1. The lowest BCUT2D eigenvalue weighted by Crippen LogP contribution is -2.50. The van der Waals surface area contributed by atoms with Crippen LogP contribution in [0.4, 0.5) is 0 Å². The van der Waals surface area contributed by atoms with Gasteiger partial charge < -0.3 is 16.3 Å². The van der Waals surface area contributed by atoms with Crippen molar-refractivity contribution >= 4 is 11.7 Å². The maximum absolute atomic E-state index is 12.1. The highest BCUT2D eigenvalue weighted by Crippen LogP contribution is 2.39. The van der Waals surface area contributed by atoms with Crippen LogP contribution in [0.25, 0.3) is 0 Å². The summed E-state index contributed by atoms with van der Waals surface area (Å²) in [5.74, 6) is -0.195. The normalized spacial score (nSPS) is 22.4. The quantitative estimate of drug-likeness (QED) is 0.295. The Morgan fingerprint density at radius 1 is 1.59 bits per heavy atom. The van der Waals surface area contributed by atoms with Crippen LogP contribution in [0.2, 0.25) is 0 Å². The molecule has 1 amide bonds. The summed E-state index contributed by atoms with van der Waals surface area (Å²) in [6, 6.07) is 0. The van der Waals surface area contributed by atoms with E-state index in [0.717, 1.165) is 12.8 Å². The highest BCUT2D eigenvalue weighted by atomic mass is 16.4. The zero-order chi connectivity index (χ0) is 13.1. The van der Waals surface area contributed by atoms with Crippen molar-refractivity contribution in [2.24, 2.45) is 21.7 Å². The third kappa shape index (κ3) is 2.70. The van der Waals surface area contributed by atoms with Crippen LogP contribution in [0.5, 0.6) is 0 Å². The summed E-state index contributed by atoms with van der Waals surface area (Å²) in [4.78, 5) is 12.1. The second kappa shape index (κ2) is 4.94. The molecule has 0 aliphatic heterocycles. The topological polar surface area (TPSA) is 87.7 Å². The van der Waals surface area contributed by atoms with Crippen molar-refractivity contribution in [1.82, 2.24) is 5.32 Å². The number of carbonyl (C=O) groups is 1. The van der Waals surface area contributed by atoms with Gasteiger partial charge in [0.15, 0.2) is 5.84 Å². The smallest absolute Gasteiger partial charge is 0.233 e. The van der Waals surface area contributed by atoms with E-state index in [1.165, 1.54) is 6.42 Å². The number of nitrogens with one attached hydrogen (secondary N) is 1. The molecule has 0 aromatic rings. The molecule has 0 heterocycles. The highest BCUT2D eigenvalue weighted by molar-refractivity contribution is 6.06. The Morgan fingerprint density at radius 3 is 2.53 bits per heavy atom. The first-order chi connectivity index (χ1) is 7.88. The van der Waals surface area contributed by atoms with Crippen molar-refractivity contribution in [3.05, 3.63) is 0 Å². The first-order valence-electron chi connectivity index (χ1n) is 6.14. The van der Waals surface area contributed by atoms with E-state index in [9.17, 15) is 4.79 Å². The van der Waals surface area contributed by atoms with Gasteiger partial charge in [0, 0.05) is 6.54 Å². The largest absolute Gasteiger partial charge is 0.409 e. The standard InChI is InChI=1S/C12H23N3O2/c1-4-12(3,9(13)15-17)10(16)14-8-11(2)6-5-7-11/h17H,4-8H2,1-3H3,(H2,13,15)(H,14,16). The van der Waals surface area contributed by atoms with Crippen LogP contribution in [-0.4, -0.2) is 23.5 Å². The Bertz CT molecular complexity index is 324. The van der Waals surface area contributed by atoms with Gasteiger partial charge in [0.2, 0.25) is 5.91 Å². The molecule has 1 fully saturated rings. The fourth-order valence-corrected chi connectivity index (χ4v) is 2.01. The van der Waals surface area contributed by atoms with Crippen LogP contribution in [0.3, 0.4) is 0 Å². The number of amides is 1. The first-order valence-corrected chi connectivity index (χ1v) is 6.14. The fourth-order valence-electron chi connectivity index (χ4n) is 2.01. The molecule has 1 aliphatic carbocycles. The molecule has 0 radical (unpaired) electrons. The molecule has 1 saturated carbocycles. The Morgan fingerprint density at radius 2 is 2.18 bits per heavy atom. The number of nitrogens with two attached hydrogens (primary N) is 1. The molecule has 0 saturated heterocycles. The van der Waals surface area contributed by atoms with E-state index in [2.05, 4.69) is 17.4 Å². The summed E-state index contributed by atoms with van der Waals surface area (Å²) in [5, 5.41) is 14.6. The minimum absolute atomic E-state index is 0.0312. The summed E-state index contributed by atoms with van der Waals surface area (Å²) in [6.45, 7) is 6.38. The molecule has 0 bridgehead atoms. The Kier molecular flexibility index (Phi) is 4.01. The van der Waals surface area contributed by atoms with E-state index >= 15 is 0 Å². The van der Waals surface area contributed by atoms with Gasteiger partial charge in [-0.1, -0.05) is 25.4 Å². The van der Waals surface area contributed by atoms with Crippen molar-refractivity contribution < 1.29 is 10.0 Å². The van der Waals surface area contributed by atoms with Crippen molar-refractivity contribution in [2.45, 2.75) is 46.5 Å². The molecule has 0 aromatic carbocycles. The molecule has 0 spiro atoms. The number of nitrogens with zero attached hydrogens (tertiary/aromatic N) is 1. The lowest BCUT2D eigenvalue weighted by Gasteiger charge is -2.39. The zero-order valence-corrected chi connectivity index (χ0v) is 10.9. The van der Waals surface area contributed by atoms with E-state index < -0.39 is 5.41 Å². The minimum Gasteiger partial charge on any atom is -0.409 e. The van der Waals surface area contributed by atoms with Crippen LogP contribution in [0.1, 0.15) is 46.5 Å². The SMILES string of the molecule is CCC(C)(C(=O)NCC1(C)CCC1)C(N)=NO. The van der Waals surface area contributed by atoms with Crippen LogP contribution in [0.15, 0.2) is 5.16 Å². The van der Waals surface area contributed by atoms with Crippen LogP contribution < -0.4 is 11.1 Å². The minimum atomic E-state index is -0.922. The molecule has 5 heteroatoms. The molecule has 1 aliphatic rings. The van der Waals surface area contributed by atoms with E-state index in [4.69, 9.17) is 10.9 Å². The Balaban J connectivity index is 2.61. The number of amidine groups is 1. The molecular weight excluding hydrogens is 218 g/mol. The highest BCUT2D eigenvalue weighted by Gasteiger charge is 2.38. The molecule has 4 N–H and O–H groups in total. The van der Waals surface area contributed by atoms with E-state index in [0.29, 0.717) is 13.0 Å². The van der Waals surface area contributed by atoms with E-state index in [1.54, 1.807) is 6.92 Å². The molecule has 1 atom stereocenters. The van der Waals surface area contributed by atoms with Gasteiger partial charge in [-0.05, 0) is 31.6 Å². The van der Waals surface area contributed by atoms with Gasteiger partial charge in [-0.25, -0.2) is 0 Å². The third-order valence-corrected chi connectivity index (χ3v) is 4.12. The van der Waals surface area contributed by atoms with Crippen molar-refractivity contribution in [2.75, 3.05) is 6.54 Å². The lowest BCUT2D eigenvalue weighted by molar-refractivity contribution is -0.128. The second-order valence-corrected chi connectivity index (χ2v) is 5.52. The predicted octanol–water partition coefficient (Wildman–Crippen LogP) is 1.46. The van der Waals surface area contributed by atoms with Crippen LogP contribution >= 0.6 is 0 Å². The van der Waals surface area contributed by atoms with Crippen LogP contribution in [0, 0.1) is 10.8 Å². The fraction of sp³-hybridized carbons (Fsp3) is 0.833. The van der Waals surface area contributed by atoms with Crippen molar-refractivity contribution in [3.63, 3.8) is 0 Å². The number of rotatable bonds is 5. The predicted molar refractivity (Wildman–Crippen MR) is 66.8 cm³/mol. The van der Waals surface area contributed by atoms with E-state index in [-0.39, 0.29) is 17.2 Å². The van der Waals surface area contributed by atoms with Gasteiger partial charge in [-0.3, -0.25) is 4.79 Å². The summed E-state index contributed by atoms with van der Waals surface area (Å²) in [6.07, 6.45) is 4.04. The molecule has 5 nitrogen and oxygen atoms in total. The van der Waals surface area contributed by atoms with Gasteiger partial charge in [0.25, 0.3) is 0 Å². The first kappa shape index (κ1) is 13.8. The molecule has 1 rings (SSSR count). The molecular formula is C12H23N3O2. The van der Waals surface area contributed by atoms with Crippen molar-refractivity contribution in [3.8, 4) is 0 Å². The lowest BCUT2D eigenvalue weighted by atomic mass is 9.70. The molecule has 0 aromatic heterocycles. The van der Waals surface area contributed by atoms with Gasteiger partial charge in [0.05, 0.1) is 0 Å². The van der Waals surface area contributed by atoms with Gasteiger partial charge in [-0.15, -0.1) is 0 Å². The average molecular weight is 241 g/mol. The molecule has 98 valence electrons. The Hall–Kier alpha value is -1.26. The summed E-state index contributed by atoms with van der Waals surface area (Å²) in [7, 11) is 0. The van der Waals surface area contributed by atoms with Crippen molar-refractivity contribution in [1.29, 1.82) is 0 Å². The third-order valence-electron chi connectivity index (χ3n) is 4.12. The number of hydrogen-bond acceptors (Lipinski definition) is 3. The summed E-state index contributed by atoms with van der Waals surface area (Å²) in [5.41, 5.74) is 4.90. The van der Waals surface area contributed by atoms with Gasteiger partial charge in [0.1, 0.15) is 5.41 Å². The molecule has 17 heavy (non-hydrogen) atoms. The Labute approximate surface area is 102 Å². The average Bonchev–Trinajstić information content (AvgIpc) is 2.31. The van der Waals surface area contributed by atoms with Crippen LogP contribution in [-0.2, 0) is 4.79 Å². The zero-order valence-electron chi connectivity index (χ0n) is 10.9. The monoisotopic (exact) mass is 241 g/mol. The second-order valence-electron chi connectivity index (χ2n) is 5.52. The van der Waals surface area contributed by atoms with Gasteiger partial charge in [-0.2, -0.15) is 0 Å². The number of oxime groups is 1. The molecule has 1 unspecified atom stereocenters. The number of hydrogen-bond donors (Lipinski definition) is 3. The maximum atomic E-state index is 12.1. The summed E-state index contributed by atoms with van der Waals surface area (Å²) < 4.78 is 0. The maximum Gasteiger partial charge on any atom is 0.233 e. The van der Waals surface area contributed by atoms with E-state index in [1.807, 2.05) is 6.92 Å². The summed E-state index contributed by atoms with van der Waals surface area (Å²) >= 11 is 0.